The summed E-state index contributed by atoms with van der Waals surface area (Å²) in [4.78, 5) is 13.3. The number of halogens is 1. The lowest BCUT2D eigenvalue weighted by Crippen LogP contribution is -2.09. The molecule has 0 unspecified atom stereocenters. The second-order valence-corrected chi connectivity index (χ2v) is 8.42. The maximum absolute atomic E-state index is 11.0. The van der Waals surface area contributed by atoms with Crippen molar-refractivity contribution < 1.29 is 4.79 Å². The third-order valence-electron chi connectivity index (χ3n) is 2.68. The van der Waals surface area contributed by atoms with Crippen LogP contribution < -0.4 is 4.72 Å². The van der Waals surface area contributed by atoms with E-state index in [-0.39, 0.29) is 5.91 Å². The van der Waals surface area contributed by atoms with Gasteiger partial charge in [-0.2, -0.15) is 0 Å². The van der Waals surface area contributed by atoms with Crippen LogP contribution in [-0.2, 0) is 4.79 Å². The van der Waals surface area contributed by atoms with Crippen molar-refractivity contribution in [2.24, 2.45) is 0 Å². The number of rotatable bonds is 5. The molecule has 2 aromatic rings. The summed E-state index contributed by atoms with van der Waals surface area (Å²) in [7, 11) is 0. The number of carbonyl (C=O) groups is 1. The average molecular weight is 395 g/mol. The molecule has 0 aliphatic rings. The summed E-state index contributed by atoms with van der Waals surface area (Å²) in [5.74, 6) is -0.0564. The van der Waals surface area contributed by atoms with E-state index in [4.69, 9.17) is 0 Å². The fourth-order valence-corrected chi connectivity index (χ4v) is 3.96. The van der Waals surface area contributed by atoms with Gasteiger partial charge in [-0.3, -0.25) is 9.52 Å². The normalized spacial score (nSPS) is 10.8. The standard InChI is InChI=1S/C17H17BrNOS2/c1-11(2)21-17-10-14(18)7-8-16(17)13-5-4-6-15(9-13)22-19-12(3)20/h4,6-11H,1-3H3,(H,19,20). The molecule has 0 saturated heterocycles. The van der Waals surface area contributed by atoms with E-state index in [1.807, 2.05) is 36.0 Å². The fraction of sp³-hybridized carbons (Fsp3) is 0.235. The molecule has 2 nitrogen and oxygen atoms in total. The summed E-state index contributed by atoms with van der Waals surface area (Å²) in [5.41, 5.74) is 2.19. The summed E-state index contributed by atoms with van der Waals surface area (Å²) in [6.45, 7) is 5.87. The third-order valence-corrected chi connectivity index (χ3v) is 5.12. The second-order valence-electron chi connectivity index (χ2n) is 5.01. The molecule has 0 atom stereocenters. The van der Waals surface area contributed by atoms with Gasteiger partial charge in [0, 0.05) is 26.4 Å². The van der Waals surface area contributed by atoms with Gasteiger partial charge in [0.2, 0.25) is 5.91 Å². The Kier molecular flexibility index (Phi) is 6.41. The molecule has 0 aliphatic carbocycles. The number of thioether (sulfide) groups is 1. The number of amides is 1. The van der Waals surface area contributed by atoms with Gasteiger partial charge in [-0.25, -0.2) is 0 Å². The zero-order valence-corrected chi connectivity index (χ0v) is 15.9. The van der Waals surface area contributed by atoms with Crippen LogP contribution in [0.2, 0.25) is 0 Å². The van der Waals surface area contributed by atoms with Crippen LogP contribution >= 0.6 is 39.6 Å². The zero-order chi connectivity index (χ0) is 16.1. The molecule has 5 heteroatoms. The molecule has 0 aromatic heterocycles. The van der Waals surface area contributed by atoms with Gasteiger partial charge in [-0.1, -0.05) is 41.9 Å². The highest BCUT2D eigenvalue weighted by Gasteiger charge is 2.10. The first-order chi connectivity index (χ1) is 10.5. The van der Waals surface area contributed by atoms with E-state index in [0.717, 1.165) is 20.5 Å². The zero-order valence-electron chi connectivity index (χ0n) is 12.6. The molecular formula is C17H17BrNOS2. The van der Waals surface area contributed by atoms with E-state index in [1.165, 1.54) is 23.8 Å². The van der Waals surface area contributed by atoms with Gasteiger partial charge in [0.15, 0.2) is 0 Å². The molecule has 22 heavy (non-hydrogen) atoms. The van der Waals surface area contributed by atoms with Crippen LogP contribution in [-0.4, -0.2) is 11.2 Å². The molecular weight excluding hydrogens is 378 g/mol. The molecule has 115 valence electrons. The third kappa shape index (κ3) is 5.07. The SMILES string of the molecule is CC(=O)NSc1cc[c]c(-c2ccc(Br)cc2SC(C)C)c1. The van der Waals surface area contributed by atoms with Crippen molar-refractivity contribution in [1.82, 2.24) is 4.72 Å². The minimum absolute atomic E-state index is 0.0564. The van der Waals surface area contributed by atoms with Gasteiger partial charge in [0.25, 0.3) is 0 Å². The lowest BCUT2D eigenvalue weighted by Gasteiger charge is -2.13. The lowest BCUT2D eigenvalue weighted by molar-refractivity contribution is -0.117. The molecule has 2 rings (SSSR count). The summed E-state index contributed by atoms with van der Waals surface area (Å²) in [5, 5.41) is 0.505. The van der Waals surface area contributed by atoms with Crippen molar-refractivity contribution in [3.63, 3.8) is 0 Å². The van der Waals surface area contributed by atoms with Crippen LogP contribution in [0.5, 0.6) is 0 Å². The Morgan fingerprint density at radius 2 is 2.05 bits per heavy atom. The van der Waals surface area contributed by atoms with Gasteiger partial charge in [-0.15, -0.1) is 11.8 Å². The quantitative estimate of drug-likeness (QED) is 0.531. The highest BCUT2D eigenvalue weighted by atomic mass is 79.9. The summed E-state index contributed by atoms with van der Waals surface area (Å²) in [6.07, 6.45) is 0. The van der Waals surface area contributed by atoms with Crippen LogP contribution in [0.4, 0.5) is 0 Å². The number of benzene rings is 2. The van der Waals surface area contributed by atoms with Crippen molar-refractivity contribution in [3.8, 4) is 11.1 Å². The van der Waals surface area contributed by atoms with E-state index in [1.54, 1.807) is 0 Å². The topological polar surface area (TPSA) is 29.1 Å². The monoisotopic (exact) mass is 394 g/mol. The van der Waals surface area contributed by atoms with Crippen LogP contribution in [0, 0.1) is 6.07 Å². The summed E-state index contributed by atoms with van der Waals surface area (Å²) in [6, 6.07) is 15.5. The van der Waals surface area contributed by atoms with Crippen LogP contribution in [0.15, 0.2) is 50.7 Å². The largest absolute Gasteiger partial charge is 0.296 e. The minimum Gasteiger partial charge on any atom is -0.296 e. The van der Waals surface area contributed by atoms with Gasteiger partial charge < -0.3 is 0 Å². The molecule has 0 bridgehead atoms. The van der Waals surface area contributed by atoms with Crippen molar-refractivity contribution in [2.75, 3.05) is 0 Å². The van der Waals surface area contributed by atoms with E-state index in [2.05, 4.69) is 52.7 Å². The molecule has 0 heterocycles. The van der Waals surface area contributed by atoms with E-state index in [0.29, 0.717) is 5.25 Å². The molecule has 0 saturated carbocycles. The lowest BCUT2D eigenvalue weighted by atomic mass is 10.1. The maximum Gasteiger partial charge on any atom is 0.226 e. The first kappa shape index (κ1) is 17.4. The number of hydrogen-bond donors (Lipinski definition) is 1. The van der Waals surface area contributed by atoms with E-state index in [9.17, 15) is 4.79 Å². The molecule has 1 amide bonds. The van der Waals surface area contributed by atoms with Gasteiger partial charge >= 0.3 is 0 Å². The van der Waals surface area contributed by atoms with E-state index >= 15 is 0 Å². The van der Waals surface area contributed by atoms with Crippen LogP contribution in [0.25, 0.3) is 11.1 Å². The van der Waals surface area contributed by atoms with Gasteiger partial charge in [-0.05, 0) is 53.4 Å². The van der Waals surface area contributed by atoms with Crippen LogP contribution in [0.1, 0.15) is 20.8 Å². The number of carbonyl (C=O) groups excluding carboxylic acids is 1. The smallest absolute Gasteiger partial charge is 0.226 e. The maximum atomic E-state index is 11.0. The highest BCUT2D eigenvalue weighted by molar-refractivity contribution is 9.10. The van der Waals surface area contributed by atoms with E-state index < -0.39 is 0 Å². The minimum atomic E-state index is -0.0564. The van der Waals surface area contributed by atoms with Crippen molar-refractivity contribution >= 4 is 45.5 Å². The molecule has 1 radical (unpaired) electrons. The molecule has 2 aromatic carbocycles. The Labute approximate surface area is 148 Å². The Hall–Kier alpha value is -0.910. The van der Waals surface area contributed by atoms with Crippen molar-refractivity contribution in [3.05, 3.63) is 46.9 Å². The predicted molar refractivity (Wildman–Crippen MR) is 99.1 cm³/mol. The van der Waals surface area contributed by atoms with Crippen molar-refractivity contribution in [1.29, 1.82) is 0 Å². The molecule has 1 N–H and O–H groups in total. The molecule has 0 aliphatic heterocycles. The first-order valence-electron chi connectivity index (χ1n) is 6.87. The average Bonchev–Trinajstić information content (AvgIpc) is 2.45. The number of hydrogen-bond acceptors (Lipinski definition) is 3. The van der Waals surface area contributed by atoms with Crippen molar-refractivity contribution in [2.45, 2.75) is 35.8 Å². The Morgan fingerprint density at radius 3 is 2.73 bits per heavy atom. The Bertz CT molecular complexity index is 673. The fourth-order valence-electron chi connectivity index (χ4n) is 1.87. The molecule has 0 fully saturated rings. The van der Waals surface area contributed by atoms with Crippen LogP contribution in [0.3, 0.4) is 0 Å². The Balaban J connectivity index is 2.34. The Morgan fingerprint density at radius 1 is 1.27 bits per heavy atom. The second kappa shape index (κ2) is 8.09. The summed E-state index contributed by atoms with van der Waals surface area (Å²) < 4.78 is 3.82. The van der Waals surface area contributed by atoms with Gasteiger partial charge in [0.05, 0.1) is 0 Å². The predicted octanol–water partition coefficient (Wildman–Crippen LogP) is 5.56. The highest BCUT2D eigenvalue weighted by Crippen LogP contribution is 2.36. The number of nitrogens with one attached hydrogen (secondary N) is 1. The summed E-state index contributed by atoms with van der Waals surface area (Å²) >= 11 is 6.70. The van der Waals surface area contributed by atoms with Gasteiger partial charge in [0.1, 0.15) is 0 Å². The molecule has 0 spiro atoms. The first-order valence-corrected chi connectivity index (χ1v) is 9.36.